The summed E-state index contributed by atoms with van der Waals surface area (Å²) in [5, 5.41) is 18.3. The van der Waals surface area contributed by atoms with Gasteiger partial charge in [-0.3, -0.25) is 4.90 Å². The van der Waals surface area contributed by atoms with E-state index in [1.54, 1.807) is 0 Å². The van der Waals surface area contributed by atoms with E-state index in [2.05, 4.69) is 16.7 Å². The lowest BCUT2D eigenvalue weighted by molar-refractivity contribution is 0.0393. The second kappa shape index (κ2) is 13.3. The van der Waals surface area contributed by atoms with Crippen LogP contribution >= 0.6 is 0 Å². The van der Waals surface area contributed by atoms with Gasteiger partial charge in [0.15, 0.2) is 0 Å². The Bertz CT molecular complexity index is 243. The average Bonchev–Trinajstić information content (AvgIpc) is 2.54. The predicted molar refractivity (Wildman–Crippen MR) is 93.2 cm³/mol. The van der Waals surface area contributed by atoms with Crippen molar-refractivity contribution in [3.05, 3.63) is 0 Å². The molecule has 0 aromatic carbocycles. The summed E-state index contributed by atoms with van der Waals surface area (Å²) >= 11 is 0. The molecule has 0 amide bonds. The van der Waals surface area contributed by atoms with Gasteiger partial charge >= 0.3 is 0 Å². The maximum Gasteiger partial charge on any atom is 0.0897 e. The minimum atomic E-state index is -0.580. The number of unbranched alkanes of at least 4 members (excludes halogenated alkanes) is 8. The molecule has 4 heteroatoms. The number of β-amino-alcohol motifs (C(OH)–C–C–N with tert-alkyl or cyclic N) is 1. The van der Waals surface area contributed by atoms with Gasteiger partial charge in [0.1, 0.15) is 0 Å². The van der Waals surface area contributed by atoms with Crippen LogP contribution in [0.4, 0.5) is 0 Å². The van der Waals surface area contributed by atoms with Crippen LogP contribution in [0.15, 0.2) is 0 Å². The van der Waals surface area contributed by atoms with Gasteiger partial charge < -0.3 is 15.1 Å². The van der Waals surface area contributed by atoms with E-state index in [1.165, 1.54) is 64.3 Å². The van der Waals surface area contributed by atoms with Crippen molar-refractivity contribution in [3.63, 3.8) is 0 Å². The van der Waals surface area contributed by atoms with Crippen molar-refractivity contribution < 1.29 is 10.2 Å². The maximum atomic E-state index is 9.46. The van der Waals surface area contributed by atoms with E-state index >= 15 is 0 Å². The monoisotopic (exact) mass is 314 g/mol. The highest BCUT2D eigenvalue weighted by Gasteiger charge is 2.18. The van der Waals surface area contributed by atoms with Crippen LogP contribution < -0.4 is 0 Å². The Morgan fingerprint density at radius 1 is 0.773 bits per heavy atom. The first-order valence-corrected chi connectivity index (χ1v) is 9.50. The quantitative estimate of drug-likeness (QED) is 0.513. The molecule has 0 bridgehead atoms. The SMILES string of the molecule is CCCCCCCCCCCN1CCN(CC(O)CO)CC1. The molecular weight excluding hydrogens is 276 g/mol. The fourth-order valence-electron chi connectivity index (χ4n) is 3.20. The lowest BCUT2D eigenvalue weighted by atomic mass is 10.1. The zero-order valence-corrected chi connectivity index (χ0v) is 14.7. The highest BCUT2D eigenvalue weighted by Crippen LogP contribution is 2.10. The van der Waals surface area contributed by atoms with Gasteiger partial charge in [-0.1, -0.05) is 58.3 Å². The van der Waals surface area contributed by atoms with Gasteiger partial charge in [0, 0.05) is 32.7 Å². The van der Waals surface area contributed by atoms with Crippen molar-refractivity contribution >= 4 is 0 Å². The standard InChI is InChI=1S/C18H38N2O2/c1-2-3-4-5-6-7-8-9-10-11-19-12-14-20(15-13-19)16-18(22)17-21/h18,21-22H,2-17H2,1H3. The molecule has 1 fully saturated rings. The van der Waals surface area contributed by atoms with Gasteiger partial charge in [-0.2, -0.15) is 0 Å². The number of rotatable bonds is 13. The smallest absolute Gasteiger partial charge is 0.0897 e. The van der Waals surface area contributed by atoms with Gasteiger partial charge in [0.2, 0.25) is 0 Å². The molecule has 1 atom stereocenters. The summed E-state index contributed by atoms with van der Waals surface area (Å²) in [6, 6.07) is 0. The topological polar surface area (TPSA) is 46.9 Å². The lowest BCUT2D eigenvalue weighted by Crippen LogP contribution is -2.49. The maximum absolute atomic E-state index is 9.46. The number of piperazine rings is 1. The van der Waals surface area contributed by atoms with Gasteiger partial charge in [0.25, 0.3) is 0 Å². The second-order valence-corrected chi connectivity index (χ2v) is 6.81. The summed E-state index contributed by atoms with van der Waals surface area (Å²) < 4.78 is 0. The third-order valence-corrected chi connectivity index (χ3v) is 4.72. The normalized spacial score (nSPS) is 18.7. The van der Waals surface area contributed by atoms with E-state index in [0.29, 0.717) is 6.54 Å². The van der Waals surface area contributed by atoms with E-state index in [0.717, 1.165) is 26.2 Å². The minimum absolute atomic E-state index is 0.126. The first-order chi connectivity index (χ1) is 10.8. The molecule has 0 aromatic rings. The van der Waals surface area contributed by atoms with Crippen LogP contribution in [0.3, 0.4) is 0 Å². The molecular formula is C18H38N2O2. The van der Waals surface area contributed by atoms with Gasteiger partial charge in [-0.25, -0.2) is 0 Å². The fourth-order valence-corrected chi connectivity index (χ4v) is 3.20. The van der Waals surface area contributed by atoms with E-state index in [4.69, 9.17) is 5.11 Å². The molecule has 22 heavy (non-hydrogen) atoms. The summed E-state index contributed by atoms with van der Waals surface area (Å²) in [6.07, 6.45) is 11.9. The first kappa shape index (κ1) is 19.9. The largest absolute Gasteiger partial charge is 0.394 e. The van der Waals surface area contributed by atoms with E-state index in [1.807, 2.05) is 0 Å². The molecule has 132 valence electrons. The van der Waals surface area contributed by atoms with Gasteiger partial charge in [-0.15, -0.1) is 0 Å². The molecule has 1 aliphatic rings. The molecule has 2 N–H and O–H groups in total. The second-order valence-electron chi connectivity index (χ2n) is 6.81. The van der Waals surface area contributed by atoms with Crippen LogP contribution in [0.2, 0.25) is 0 Å². The molecule has 1 unspecified atom stereocenters. The zero-order chi connectivity index (χ0) is 16.0. The third-order valence-electron chi connectivity index (χ3n) is 4.72. The molecule has 4 nitrogen and oxygen atoms in total. The Hall–Kier alpha value is -0.160. The summed E-state index contributed by atoms with van der Waals surface area (Å²) in [7, 11) is 0. The van der Waals surface area contributed by atoms with Crippen LogP contribution in [-0.4, -0.2) is 72.0 Å². The van der Waals surface area contributed by atoms with Crippen LogP contribution in [0.5, 0.6) is 0 Å². The fraction of sp³-hybridized carbons (Fsp3) is 1.00. The number of hydrogen-bond donors (Lipinski definition) is 2. The Morgan fingerprint density at radius 3 is 1.82 bits per heavy atom. The minimum Gasteiger partial charge on any atom is -0.394 e. The molecule has 0 aliphatic carbocycles. The van der Waals surface area contributed by atoms with Crippen LogP contribution in [0.25, 0.3) is 0 Å². The van der Waals surface area contributed by atoms with Crippen LogP contribution in [-0.2, 0) is 0 Å². The van der Waals surface area contributed by atoms with Crippen molar-refractivity contribution in [1.29, 1.82) is 0 Å². The summed E-state index contributed by atoms with van der Waals surface area (Å²) in [6.45, 7) is 8.25. The molecule has 0 spiro atoms. The lowest BCUT2D eigenvalue weighted by Gasteiger charge is -2.35. The van der Waals surface area contributed by atoms with Crippen LogP contribution in [0, 0.1) is 0 Å². The molecule has 1 saturated heterocycles. The zero-order valence-electron chi connectivity index (χ0n) is 14.7. The summed E-state index contributed by atoms with van der Waals surface area (Å²) in [5.74, 6) is 0. The molecule has 1 aliphatic heterocycles. The summed E-state index contributed by atoms with van der Waals surface area (Å²) in [5.41, 5.74) is 0. The molecule has 1 heterocycles. The van der Waals surface area contributed by atoms with E-state index < -0.39 is 6.10 Å². The average molecular weight is 315 g/mol. The van der Waals surface area contributed by atoms with Crippen molar-refractivity contribution in [1.82, 2.24) is 9.80 Å². The van der Waals surface area contributed by atoms with Crippen molar-refractivity contribution in [2.24, 2.45) is 0 Å². The van der Waals surface area contributed by atoms with Crippen LogP contribution in [0.1, 0.15) is 64.7 Å². The number of hydrogen-bond acceptors (Lipinski definition) is 4. The number of aliphatic hydroxyl groups is 2. The van der Waals surface area contributed by atoms with Crippen molar-refractivity contribution in [3.8, 4) is 0 Å². The molecule has 0 aromatic heterocycles. The Morgan fingerprint density at radius 2 is 1.27 bits per heavy atom. The molecule has 1 rings (SSSR count). The first-order valence-electron chi connectivity index (χ1n) is 9.50. The molecule has 0 saturated carbocycles. The number of aliphatic hydroxyl groups excluding tert-OH is 2. The Balaban J connectivity index is 1.88. The number of nitrogens with zero attached hydrogens (tertiary/aromatic N) is 2. The van der Waals surface area contributed by atoms with Crippen molar-refractivity contribution in [2.45, 2.75) is 70.8 Å². The van der Waals surface area contributed by atoms with E-state index in [9.17, 15) is 5.11 Å². The highest BCUT2D eigenvalue weighted by molar-refractivity contribution is 4.73. The Kier molecular flexibility index (Phi) is 12.0. The summed E-state index contributed by atoms with van der Waals surface area (Å²) in [4.78, 5) is 4.80. The van der Waals surface area contributed by atoms with E-state index in [-0.39, 0.29) is 6.61 Å². The molecule has 0 radical (unpaired) electrons. The Labute approximate surface area is 137 Å². The van der Waals surface area contributed by atoms with Crippen molar-refractivity contribution in [2.75, 3.05) is 45.9 Å². The van der Waals surface area contributed by atoms with Gasteiger partial charge in [-0.05, 0) is 13.0 Å². The predicted octanol–water partition coefficient (Wildman–Crippen LogP) is 2.49. The van der Waals surface area contributed by atoms with Gasteiger partial charge in [0.05, 0.1) is 12.7 Å². The third kappa shape index (κ3) is 9.78. The highest BCUT2D eigenvalue weighted by atomic mass is 16.3.